The molecule has 5 nitrogen and oxygen atoms in total. The number of aliphatic carboxylic acids is 1. The average molecular weight is 435 g/mol. The summed E-state index contributed by atoms with van der Waals surface area (Å²) in [5.41, 5.74) is 3.05. The molecule has 3 aromatic rings. The number of benzene rings is 3. The lowest BCUT2D eigenvalue weighted by Gasteiger charge is -2.14. The number of carbonyl (C=O) groups excluding carboxylic acids is 1. The van der Waals surface area contributed by atoms with Crippen molar-refractivity contribution in [3.8, 4) is 16.9 Å². The number of methoxy groups -OCH3 is 1. The quantitative estimate of drug-likeness (QED) is 0.491. The maximum Gasteiger partial charge on any atom is 0.306 e. The number of halogens is 1. The highest BCUT2D eigenvalue weighted by molar-refractivity contribution is 5.95. The Morgan fingerprint density at radius 1 is 1.03 bits per heavy atom. The van der Waals surface area contributed by atoms with E-state index in [4.69, 9.17) is 4.74 Å². The van der Waals surface area contributed by atoms with E-state index in [1.165, 1.54) is 19.2 Å². The summed E-state index contributed by atoms with van der Waals surface area (Å²) in [6.07, 6.45) is 0.901. The van der Waals surface area contributed by atoms with Crippen molar-refractivity contribution in [1.82, 2.24) is 5.32 Å². The summed E-state index contributed by atoms with van der Waals surface area (Å²) in [4.78, 5) is 24.0. The summed E-state index contributed by atoms with van der Waals surface area (Å²) in [7, 11) is 1.52. The zero-order chi connectivity index (χ0) is 23.1. The predicted octanol–water partition coefficient (Wildman–Crippen LogP) is 5.08. The van der Waals surface area contributed by atoms with Gasteiger partial charge in [-0.15, -0.1) is 0 Å². The van der Waals surface area contributed by atoms with E-state index in [9.17, 15) is 19.1 Å². The molecule has 0 aliphatic rings. The summed E-state index contributed by atoms with van der Waals surface area (Å²) in [6, 6.07) is 19.3. The van der Waals surface area contributed by atoms with Crippen LogP contribution in [0.25, 0.3) is 11.1 Å². The Morgan fingerprint density at radius 2 is 1.78 bits per heavy atom. The predicted molar refractivity (Wildman–Crippen MR) is 121 cm³/mol. The summed E-state index contributed by atoms with van der Waals surface area (Å²) < 4.78 is 20.0. The van der Waals surface area contributed by atoms with Crippen LogP contribution < -0.4 is 10.1 Å². The van der Waals surface area contributed by atoms with Crippen LogP contribution in [-0.2, 0) is 17.8 Å². The molecule has 6 heteroatoms. The molecule has 32 heavy (non-hydrogen) atoms. The molecule has 0 spiro atoms. The lowest BCUT2D eigenvalue weighted by atomic mass is 9.95. The zero-order valence-corrected chi connectivity index (χ0v) is 18.1. The van der Waals surface area contributed by atoms with Gasteiger partial charge in [-0.2, -0.15) is 0 Å². The molecule has 166 valence electrons. The fourth-order valence-corrected chi connectivity index (χ4v) is 3.57. The van der Waals surface area contributed by atoms with Crippen LogP contribution >= 0.6 is 0 Å². The molecule has 0 aromatic heterocycles. The van der Waals surface area contributed by atoms with Gasteiger partial charge >= 0.3 is 5.97 Å². The van der Waals surface area contributed by atoms with Gasteiger partial charge in [-0.3, -0.25) is 9.59 Å². The van der Waals surface area contributed by atoms with Gasteiger partial charge in [0, 0.05) is 12.1 Å². The van der Waals surface area contributed by atoms with E-state index in [1.807, 2.05) is 49.4 Å². The Balaban J connectivity index is 1.73. The van der Waals surface area contributed by atoms with Crippen LogP contribution in [-0.4, -0.2) is 24.1 Å². The van der Waals surface area contributed by atoms with Crippen LogP contribution in [0.5, 0.6) is 5.75 Å². The number of rotatable bonds is 9. The molecule has 2 N–H and O–H groups in total. The van der Waals surface area contributed by atoms with E-state index >= 15 is 0 Å². The van der Waals surface area contributed by atoms with Gasteiger partial charge in [0.25, 0.3) is 5.91 Å². The molecular formula is C26H26FNO4. The molecule has 0 radical (unpaired) electrons. The number of carbonyl (C=O) groups is 2. The minimum absolute atomic E-state index is 0.0447. The summed E-state index contributed by atoms with van der Waals surface area (Å²) in [5.74, 6) is -1.89. The maximum atomic E-state index is 14.6. The highest BCUT2D eigenvalue weighted by atomic mass is 19.1. The fourth-order valence-electron chi connectivity index (χ4n) is 3.57. The molecule has 0 fully saturated rings. The number of hydrogen-bond donors (Lipinski definition) is 2. The van der Waals surface area contributed by atoms with Crippen molar-refractivity contribution < 1.29 is 23.8 Å². The molecule has 0 heterocycles. The zero-order valence-electron chi connectivity index (χ0n) is 18.1. The van der Waals surface area contributed by atoms with E-state index in [2.05, 4.69) is 5.32 Å². The summed E-state index contributed by atoms with van der Waals surface area (Å²) in [5, 5.41) is 12.0. The second-order valence-corrected chi connectivity index (χ2v) is 7.54. The standard InChI is InChI=1S/C26H26FNO4/c1-3-18(26(30)31)13-17-9-12-24(32-2)21(14-17)16-28-25(29)22-11-10-20(15-23(22)27)19-7-5-4-6-8-19/h4-12,14-15,18H,3,13,16H2,1-2H3,(H,28,29)(H,30,31). The lowest BCUT2D eigenvalue weighted by Crippen LogP contribution is -2.24. The average Bonchev–Trinajstić information content (AvgIpc) is 2.81. The van der Waals surface area contributed by atoms with Gasteiger partial charge in [0.2, 0.25) is 0 Å². The molecule has 0 bridgehead atoms. The Hall–Kier alpha value is -3.67. The van der Waals surface area contributed by atoms with Crippen LogP contribution in [0, 0.1) is 11.7 Å². The number of carboxylic acid groups (broad SMARTS) is 1. The van der Waals surface area contributed by atoms with Crippen molar-refractivity contribution in [1.29, 1.82) is 0 Å². The van der Waals surface area contributed by atoms with Crippen LogP contribution in [0.3, 0.4) is 0 Å². The number of ether oxygens (including phenoxy) is 1. The summed E-state index contributed by atoms with van der Waals surface area (Å²) >= 11 is 0. The SMILES string of the molecule is CCC(Cc1ccc(OC)c(CNC(=O)c2ccc(-c3ccccc3)cc2F)c1)C(=O)O. The van der Waals surface area contributed by atoms with Gasteiger partial charge in [0.1, 0.15) is 11.6 Å². The third-order valence-electron chi connectivity index (χ3n) is 5.43. The van der Waals surface area contributed by atoms with E-state index in [0.717, 1.165) is 11.1 Å². The molecular weight excluding hydrogens is 409 g/mol. The number of amides is 1. The smallest absolute Gasteiger partial charge is 0.306 e. The van der Waals surface area contributed by atoms with Crippen molar-refractivity contribution >= 4 is 11.9 Å². The fraction of sp³-hybridized carbons (Fsp3) is 0.231. The molecule has 0 aliphatic carbocycles. The normalized spacial score (nSPS) is 11.6. The first-order valence-corrected chi connectivity index (χ1v) is 10.4. The molecule has 0 aliphatic heterocycles. The topological polar surface area (TPSA) is 75.6 Å². The van der Waals surface area contributed by atoms with Crippen molar-refractivity contribution in [2.45, 2.75) is 26.3 Å². The second kappa shape index (κ2) is 10.6. The third kappa shape index (κ3) is 5.52. The van der Waals surface area contributed by atoms with Crippen LogP contribution in [0.2, 0.25) is 0 Å². The lowest BCUT2D eigenvalue weighted by molar-refractivity contribution is -0.141. The Bertz CT molecular complexity index is 1100. The largest absolute Gasteiger partial charge is 0.496 e. The first kappa shape index (κ1) is 23.0. The van der Waals surface area contributed by atoms with E-state index < -0.39 is 23.6 Å². The van der Waals surface area contributed by atoms with Crippen molar-refractivity contribution in [3.63, 3.8) is 0 Å². The molecule has 1 unspecified atom stereocenters. The van der Waals surface area contributed by atoms with E-state index in [1.54, 1.807) is 12.1 Å². The van der Waals surface area contributed by atoms with Crippen molar-refractivity contribution in [2.24, 2.45) is 5.92 Å². The molecule has 0 saturated heterocycles. The number of carboxylic acids is 1. The van der Waals surface area contributed by atoms with Gasteiger partial charge in [-0.25, -0.2) is 4.39 Å². The van der Waals surface area contributed by atoms with Gasteiger partial charge in [-0.1, -0.05) is 55.5 Å². The Kier molecular flexibility index (Phi) is 7.60. The van der Waals surface area contributed by atoms with E-state index in [-0.39, 0.29) is 12.1 Å². The maximum absolute atomic E-state index is 14.6. The van der Waals surface area contributed by atoms with Crippen molar-refractivity contribution in [3.05, 3.63) is 89.2 Å². The summed E-state index contributed by atoms with van der Waals surface area (Å²) in [6.45, 7) is 1.96. The van der Waals surface area contributed by atoms with Gasteiger partial charge in [-0.05, 0) is 47.7 Å². The number of nitrogens with one attached hydrogen (secondary N) is 1. The monoisotopic (exact) mass is 435 g/mol. The number of hydrogen-bond acceptors (Lipinski definition) is 3. The van der Waals surface area contributed by atoms with Crippen LogP contribution in [0.4, 0.5) is 4.39 Å². The molecule has 1 atom stereocenters. The third-order valence-corrected chi connectivity index (χ3v) is 5.43. The highest BCUT2D eigenvalue weighted by Gasteiger charge is 2.17. The van der Waals surface area contributed by atoms with Gasteiger partial charge in [0.15, 0.2) is 0 Å². The minimum Gasteiger partial charge on any atom is -0.496 e. The highest BCUT2D eigenvalue weighted by Crippen LogP contribution is 2.24. The first-order chi connectivity index (χ1) is 15.4. The Labute approximate surface area is 186 Å². The van der Waals surface area contributed by atoms with Gasteiger partial charge in [0.05, 0.1) is 18.6 Å². The minimum atomic E-state index is -0.840. The van der Waals surface area contributed by atoms with E-state index in [0.29, 0.717) is 29.7 Å². The molecule has 0 saturated carbocycles. The Morgan fingerprint density at radius 3 is 2.41 bits per heavy atom. The first-order valence-electron chi connectivity index (χ1n) is 10.4. The molecule has 3 aromatic carbocycles. The van der Waals surface area contributed by atoms with Crippen LogP contribution in [0.1, 0.15) is 34.8 Å². The van der Waals surface area contributed by atoms with Crippen LogP contribution in [0.15, 0.2) is 66.7 Å². The molecule has 3 rings (SSSR count). The molecule has 1 amide bonds. The van der Waals surface area contributed by atoms with Crippen molar-refractivity contribution in [2.75, 3.05) is 7.11 Å². The van der Waals surface area contributed by atoms with Gasteiger partial charge < -0.3 is 15.2 Å². The second-order valence-electron chi connectivity index (χ2n) is 7.54.